The number of thioether (sulfide) groups is 1. The number of tetrazole rings is 1. The summed E-state index contributed by atoms with van der Waals surface area (Å²) in [6, 6.07) is 13.6. The standard InChI is InChI=1S/C19H18ClN7O3S/c20-14-2-1-3-17(12-14)24-8-10-25(11-9-24)18(28)13-31-19-21-22-23-26(19)15-4-6-16(7-5-15)27(29)30/h1-7,12H,8-11,13H2. The van der Waals surface area contributed by atoms with E-state index in [1.807, 2.05) is 29.2 Å². The number of rotatable bonds is 6. The topological polar surface area (TPSA) is 110 Å². The van der Waals surface area contributed by atoms with Gasteiger partial charge in [-0.05, 0) is 40.8 Å². The van der Waals surface area contributed by atoms with Crippen LogP contribution >= 0.6 is 23.4 Å². The van der Waals surface area contributed by atoms with Gasteiger partial charge in [-0.15, -0.1) is 5.10 Å². The molecule has 1 saturated heterocycles. The van der Waals surface area contributed by atoms with Gasteiger partial charge in [0, 0.05) is 49.0 Å². The normalized spacial score (nSPS) is 14.0. The van der Waals surface area contributed by atoms with Crippen molar-refractivity contribution in [3.8, 4) is 5.69 Å². The van der Waals surface area contributed by atoms with E-state index in [0.717, 1.165) is 18.8 Å². The second-order valence-corrected chi connectivity index (χ2v) is 8.16. The number of carbonyl (C=O) groups excluding carboxylic acids is 1. The van der Waals surface area contributed by atoms with Crippen molar-refractivity contribution in [1.29, 1.82) is 0 Å². The molecule has 31 heavy (non-hydrogen) atoms. The van der Waals surface area contributed by atoms with Crippen molar-refractivity contribution in [2.45, 2.75) is 5.16 Å². The van der Waals surface area contributed by atoms with Gasteiger partial charge >= 0.3 is 0 Å². The monoisotopic (exact) mass is 459 g/mol. The largest absolute Gasteiger partial charge is 0.368 e. The Balaban J connectivity index is 1.33. The van der Waals surface area contributed by atoms with Crippen molar-refractivity contribution in [1.82, 2.24) is 25.1 Å². The Morgan fingerprint density at radius 3 is 2.52 bits per heavy atom. The number of hydrogen-bond donors (Lipinski definition) is 0. The Morgan fingerprint density at radius 1 is 1.10 bits per heavy atom. The molecule has 3 aromatic rings. The molecular weight excluding hydrogens is 442 g/mol. The number of anilines is 1. The molecule has 1 aliphatic rings. The highest BCUT2D eigenvalue weighted by Crippen LogP contribution is 2.23. The van der Waals surface area contributed by atoms with E-state index in [1.54, 1.807) is 12.1 Å². The summed E-state index contributed by atoms with van der Waals surface area (Å²) in [4.78, 5) is 27.0. The van der Waals surface area contributed by atoms with E-state index in [-0.39, 0.29) is 17.3 Å². The SMILES string of the molecule is O=C(CSc1nnnn1-c1ccc([N+](=O)[O-])cc1)N1CCN(c2cccc(Cl)c2)CC1. The van der Waals surface area contributed by atoms with Crippen LogP contribution in [0.25, 0.3) is 5.69 Å². The minimum Gasteiger partial charge on any atom is -0.368 e. The predicted molar refractivity (Wildman–Crippen MR) is 117 cm³/mol. The summed E-state index contributed by atoms with van der Waals surface area (Å²) >= 11 is 7.30. The highest BCUT2D eigenvalue weighted by Gasteiger charge is 2.22. The number of hydrogen-bond acceptors (Lipinski definition) is 8. The third-order valence-electron chi connectivity index (χ3n) is 4.88. The van der Waals surface area contributed by atoms with Crippen LogP contribution in [0.2, 0.25) is 5.02 Å². The number of aromatic nitrogens is 4. The zero-order chi connectivity index (χ0) is 21.8. The molecule has 0 bridgehead atoms. The molecule has 0 spiro atoms. The molecule has 160 valence electrons. The van der Waals surface area contributed by atoms with Gasteiger partial charge < -0.3 is 9.80 Å². The third kappa shape index (κ3) is 4.94. The van der Waals surface area contributed by atoms with Gasteiger partial charge in [-0.1, -0.05) is 29.4 Å². The average molecular weight is 460 g/mol. The van der Waals surface area contributed by atoms with E-state index in [1.165, 1.54) is 28.6 Å². The highest BCUT2D eigenvalue weighted by atomic mass is 35.5. The Kier molecular flexibility index (Phi) is 6.33. The van der Waals surface area contributed by atoms with E-state index in [9.17, 15) is 14.9 Å². The Hall–Kier alpha value is -3.18. The van der Waals surface area contributed by atoms with E-state index >= 15 is 0 Å². The molecule has 2 aromatic carbocycles. The maximum Gasteiger partial charge on any atom is 0.269 e. The Bertz CT molecular complexity index is 1080. The lowest BCUT2D eigenvalue weighted by atomic mass is 10.2. The summed E-state index contributed by atoms with van der Waals surface area (Å²) < 4.78 is 1.46. The van der Waals surface area contributed by atoms with Crippen LogP contribution in [0.15, 0.2) is 53.7 Å². The zero-order valence-corrected chi connectivity index (χ0v) is 17.9. The summed E-state index contributed by atoms with van der Waals surface area (Å²) in [7, 11) is 0. The molecule has 1 amide bonds. The number of benzene rings is 2. The average Bonchev–Trinajstić information content (AvgIpc) is 3.26. The first-order valence-electron chi connectivity index (χ1n) is 9.45. The molecule has 0 N–H and O–H groups in total. The molecule has 0 unspecified atom stereocenters. The van der Waals surface area contributed by atoms with Crippen LogP contribution in [-0.2, 0) is 4.79 Å². The third-order valence-corrected chi connectivity index (χ3v) is 6.02. The van der Waals surface area contributed by atoms with Crippen molar-refractivity contribution in [3.63, 3.8) is 0 Å². The van der Waals surface area contributed by atoms with E-state index in [2.05, 4.69) is 20.4 Å². The quantitative estimate of drug-likeness (QED) is 0.314. The molecule has 0 saturated carbocycles. The van der Waals surface area contributed by atoms with Crippen LogP contribution in [0.4, 0.5) is 11.4 Å². The van der Waals surface area contributed by atoms with Gasteiger partial charge in [0.25, 0.3) is 5.69 Å². The molecule has 2 heterocycles. The summed E-state index contributed by atoms with van der Waals surface area (Å²) in [5, 5.41) is 23.5. The molecule has 4 rings (SSSR count). The lowest BCUT2D eigenvalue weighted by molar-refractivity contribution is -0.384. The van der Waals surface area contributed by atoms with Crippen LogP contribution in [0.5, 0.6) is 0 Å². The molecule has 1 aromatic heterocycles. The summed E-state index contributed by atoms with van der Waals surface area (Å²) in [5.41, 5.74) is 1.62. The molecule has 1 fully saturated rings. The molecule has 12 heteroatoms. The van der Waals surface area contributed by atoms with Crippen molar-refractivity contribution in [2.75, 3.05) is 36.8 Å². The van der Waals surface area contributed by atoms with Crippen molar-refractivity contribution in [2.24, 2.45) is 0 Å². The minimum atomic E-state index is -0.468. The van der Waals surface area contributed by atoms with Crippen LogP contribution in [0.3, 0.4) is 0 Å². The fourth-order valence-electron chi connectivity index (χ4n) is 3.25. The maximum absolute atomic E-state index is 12.7. The first kappa shape index (κ1) is 21.1. The number of carbonyl (C=O) groups is 1. The fraction of sp³-hybridized carbons (Fsp3) is 0.263. The molecule has 0 radical (unpaired) electrons. The number of nitrogens with zero attached hydrogens (tertiary/aromatic N) is 7. The number of amides is 1. The van der Waals surface area contributed by atoms with Gasteiger partial charge in [0.15, 0.2) is 0 Å². The van der Waals surface area contributed by atoms with E-state index in [4.69, 9.17) is 11.6 Å². The van der Waals surface area contributed by atoms with E-state index < -0.39 is 4.92 Å². The first-order valence-corrected chi connectivity index (χ1v) is 10.8. The van der Waals surface area contributed by atoms with Gasteiger partial charge in [-0.3, -0.25) is 14.9 Å². The van der Waals surface area contributed by atoms with Crippen LogP contribution in [0.1, 0.15) is 0 Å². The predicted octanol–water partition coefficient (Wildman–Crippen LogP) is 2.66. The molecule has 0 aliphatic carbocycles. The van der Waals surface area contributed by atoms with Gasteiger partial charge in [-0.25, -0.2) is 0 Å². The highest BCUT2D eigenvalue weighted by molar-refractivity contribution is 7.99. The number of piperazine rings is 1. The Morgan fingerprint density at radius 2 is 1.84 bits per heavy atom. The van der Waals surface area contributed by atoms with Gasteiger partial charge in [-0.2, -0.15) is 4.68 Å². The van der Waals surface area contributed by atoms with Crippen molar-refractivity contribution >= 4 is 40.6 Å². The lowest BCUT2D eigenvalue weighted by Gasteiger charge is -2.36. The van der Waals surface area contributed by atoms with Crippen molar-refractivity contribution < 1.29 is 9.72 Å². The second kappa shape index (κ2) is 9.31. The fourth-order valence-corrected chi connectivity index (χ4v) is 4.23. The zero-order valence-electron chi connectivity index (χ0n) is 16.3. The van der Waals surface area contributed by atoms with Crippen LogP contribution in [0, 0.1) is 10.1 Å². The number of non-ortho nitro benzene ring substituents is 1. The lowest BCUT2D eigenvalue weighted by Crippen LogP contribution is -2.49. The summed E-state index contributed by atoms with van der Waals surface area (Å²) in [6.07, 6.45) is 0. The molecule has 0 atom stereocenters. The van der Waals surface area contributed by atoms with Crippen LogP contribution < -0.4 is 4.90 Å². The summed E-state index contributed by atoms with van der Waals surface area (Å²) in [6.45, 7) is 2.72. The number of nitro groups is 1. The number of nitro benzene ring substituents is 1. The smallest absolute Gasteiger partial charge is 0.269 e. The first-order chi connectivity index (χ1) is 15.0. The van der Waals surface area contributed by atoms with Crippen LogP contribution in [-0.4, -0.2) is 67.9 Å². The van der Waals surface area contributed by atoms with Gasteiger partial charge in [0.2, 0.25) is 11.1 Å². The van der Waals surface area contributed by atoms with Gasteiger partial charge in [0.1, 0.15) is 0 Å². The molecular formula is C19H18ClN7O3S. The summed E-state index contributed by atoms with van der Waals surface area (Å²) in [5.74, 6) is 0.207. The minimum absolute atomic E-state index is 0.00833. The second-order valence-electron chi connectivity index (χ2n) is 6.78. The van der Waals surface area contributed by atoms with Gasteiger partial charge in [0.05, 0.1) is 16.4 Å². The molecule has 10 nitrogen and oxygen atoms in total. The van der Waals surface area contributed by atoms with E-state index in [0.29, 0.717) is 29.0 Å². The molecule has 1 aliphatic heterocycles. The van der Waals surface area contributed by atoms with Crippen molar-refractivity contribution in [3.05, 3.63) is 63.7 Å². The Labute approximate surface area is 186 Å². The maximum atomic E-state index is 12.7. The number of halogens is 1.